The van der Waals surface area contributed by atoms with Crippen molar-refractivity contribution in [2.75, 3.05) is 39.8 Å². The molecule has 0 saturated heterocycles. The van der Waals surface area contributed by atoms with Crippen LogP contribution in [0.5, 0.6) is 11.5 Å². The minimum Gasteiger partial charge on any atom is -0.497 e. The van der Waals surface area contributed by atoms with Crippen LogP contribution in [0, 0.1) is 0 Å². The Morgan fingerprint density at radius 2 is 1.74 bits per heavy atom. The number of carboxylic acid groups (broad SMARTS) is 1. The molecule has 0 aliphatic heterocycles. The van der Waals surface area contributed by atoms with Crippen LogP contribution in [0.25, 0.3) is 0 Å². The largest absolute Gasteiger partial charge is 0.497 e. The van der Waals surface area contributed by atoms with Crippen molar-refractivity contribution >= 4 is 17.7 Å². The van der Waals surface area contributed by atoms with E-state index >= 15 is 0 Å². The Balaban J connectivity index is 2.23. The number of carboxylic acids is 1. The SMILES string of the molecule is CCCCCCCN(Cc1ccc(C(=O)O)c(CCOC)c1)C(=O)Nc1ccc(OC)cc1OC. The number of hydrogen-bond acceptors (Lipinski definition) is 5. The molecule has 0 radical (unpaired) electrons. The van der Waals surface area contributed by atoms with Crippen LogP contribution in [-0.4, -0.2) is 56.5 Å². The molecule has 0 unspecified atom stereocenters. The summed E-state index contributed by atoms with van der Waals surface area (Å²) < 4.78 is 15.8. The van der Waals surface area contributed by atoms with Gasteiger partial charge in [-0.05, 0) is 42.2 Å². The minimum atomic E-state index is -0.972. The summed E-state index contributed by atoms with van der Waals surface area (Å²) in [6.45, 7) is 3.53. The van der Waals surface area contributed by atoms with E-state index in [0.29, 0.717) is 48.9 Å². The maximum atomic E-state index is 13.3. The van der Waals surface area contributed by atoms with Gasteiger partial charge in [-0.15, -0.1) is 0 Å². The number of rotatable bonds is 15. The lowest BCUT2D eigenvalue weighted by atomic mass is 10.0. The lowest BCUT2D eigenvalue weighted by Crippen LogP contribution is -2.35. The molecule has 0 fully saturated rings. The topological polar surface area (TPSA) is 97.3 Å². The van der Waals surface area contributed by atoms with Crippen molar-refractivity contribution in [3.05, 3.63) is 53.1 Å². The second kappa shape index (κ2) is 14.9. The van der Waals surface area contributed by atoms with Gasteiger partial charge in [0.05, 0.1) is 32.1 Å². The third-order valence-corrected chi connectivity index (χ3v) is 5.82. The highest BCUT2D eigenvalue weighted by Crippen LogP contribution is 2.29. The molecular weight excluding hydrogens is 448 g/mol. The van der Waals surface area contributed by atoms with E-state index in [1.807, 2.05) is 6.07 Å². The summed E-state index contributed by atoms with van der Waals surface area (Å²) >= 11 is 0. The second-order valence-electron chi connectivity index (χ2n) is 8.37. The van der Waals surface area contributed by atoms with E-state index in [1.54, 1.807) is 56.6 Å². The van der Waals surface area contributed by atoms with Crippen molar-refractivity contribution in [1.29, 1.82) is 0 Å². The molecule has 2 aromatic rings. The number of benzene rings is 2. The zero-order valence-corrected chi connectivity index (χ0v) is 21.3. The molecule has 0 atom stereocenters. The Labute approximate surface area is 208 Å². The maximum Gasteiger partial charge on any atom is 0.335 e. The minimum absolute atomic E-state index is 0.246. The number of carbonyl (C=O) groups is 2. The van der Waals surface area contributed by atoms with Gasteiger partial charge in [-0.25, -0.2) is 9.59 Å². The molecule has 2 rings (SSSR count). The number of hydrogen-bond donors (Lipinski definition) is 2. The molecule has 0 aliphatic rings. The highest BCUT2D eigenvalue weighted by molar-refractivity contribution is 5.91. The summed E-state index contributed by atoms with van der Waals surface area (Å²) in [7, 11) is 4.70. The van der Waals surface area contributed by atoms with E-state index in [0.717, 1.165) is 31.2 Å². The van der Waals surface area contributed by atoms with Crippen molar-refractivity contribution in [3.8, 4) is 11.5 Å². The quantitative estimate of drug-likeness (QED) is 0.318. The third kappa shape index (κ3) is 8.79. The summed E-state index contributed by atoms with van der Waals surface area (Å²) in [5, 5.41) is 12.5. The Kier molecular flexibility index (Phi) is 11.9. The van der Waals surface area contributed by atoms with E-state index in [2.05, 4.69) is 12.2 Å². The van der Waals surface area contributed by atoms with E-state index in [4.69, 9.17) is 14.2 Å². The number of nitrogens with one attached hydrogen (secondary N) is 1. The van der Waals surface area contributed by atoms with Gasteiger partial charge in [-0.1, -0.05) is 44.7 Å². The average molecular weight is 487 g/mol. The predicted octanol–water partition coefficient (Wildman–Crippen LogP) is 5.60. The smallest absolute Gasteiger partial charge is 0.335 e. The predicted molar refractivity (Wildman–Crippen MR) is 137 cm³/mol. The van der Waals surface area contributed by atoms with Gasteiger partial charge in [0.25, 0.3) is 0 Å². The molecule has 2 amide bonds. The van der Waals surface area contributed by atoms with Crippen molar-refractivity contribution in [1.82, 2.24) is 4.90 Å². The van der Waals surface area contributed by atoms with Gasteiger partial charge in [0.15, 0.2) is 0 Å². The lowest BCUT2D eigenvalue weighted by Gasteiger charge is -2.24. The maximum absolute atomic E-state index is 13.3. The first-order valence-corrected chi connectivity index (χ1v) is 12.0. The lowest BCUT2D eigenvalue weighted by molar-refractivity contribution is 0.0695. The molecule has 0 bridgehead atoms. The van der Waals surface area contributed by atoms with Crippen LogP contribution in [0.1, 0.15) is 60.5 Å². The van der Waals surface area contributed by atoms with Gasteiger partial charge in [-0.2, -0.15) is 0 Å². The molecule has 2 aromatic carbocycles. The highest BCUT2D eigenvalue weighted by atomic mass is 16.5. The number of methoxy groups -OCH3 is 3. The Morgan fingerprint density at radius 3 is 2.40 bits per heavy atom. The van der Waals surface area contributed by atoms with Crippen LogP contribution in [-0.2, 0) is 17.7 Å². The van der Waals surface area contributed by atoms with Gasteiger partial charge in [0.2, 0.25) is 0 Å². The Hall–Kier alpha value is -3.26. The number of ether oxygens (including phenoxy) is 3. The van der Waals surface area contributed by atoms with Crippen LogP contribution in [0.4, 0.5) is 10.5 Å². The number of nitrogens with zero attached hydrogens (tertiary/aromatic N) is 1. The van der Waals surface area contributed by atoms with E-state index in [1.165, 1.54) is 6.42 Å². The van der Waals surface area contributed by atoms with Crippen LogP contribution in [0.2, 0.25) is 0 Å². The normalized spacial score (nSPS) is 10.6. The van der Waals surface area contributed by atoms with E-state index < -0.39 is 5.97 Å². The Bertz CT molecular complexity index is 963. The van der Waals surface area contributed by atoms with Gasteiger partial charge in [0.1, 0.15) is 11.5 Å². The van der Waals surface area contributed by atoms with Gasteiger partial charge in [-0.3, -0.25) is 0 Å². The number of unbranched alkanes of at least 4 members (excludes halogenated alkanes) is 4. The molecule has 0 aliphatic carbocycles. The molecule has 8 heteroatoms. The fourth-order valence-corrected chi connectivity index (χ4v) is 3.85. The number of urea groups is 1. The molecule has 0 heterocycles. The summed E-state index contributed by atoms with van der Waals surface area (Å²) in [4.78, 5) is 26.7. The molecule has 2 N–H and O–H groups in total. The zero-order valence-electron chi connectivity index (χ0n) is 21.3. The first-order chi connectivity index (χ1) is 16.9. The van der Waals surface area contributed by atoms with Crippen molar-refractivity contribution in [3.63, 3.8) is 0 Å². The number of carbonyl (C=O) groups excluding carboxylic acids is 1. The van der Waals surface area contributed by atoms with Crippen molar-refractivity contribution in [2.45, 2.75) is 52.0 Å². The van der Waals surface area contributed by atoms with Gasteiger partial charge >= 0.3 is 12.0 Å². The second-order valence-corrected chi connectivity index (χ2v) is 8.37. The summed E-state index contributed by atoms with van der Waals surface area (Å²) in [5.74, 6) is 0.169. The molecular formula is C27H38N2O6. The third-order valence-electron chi connectivity index (χ3n) is 5.82. The number of anilines is 1. The van der Waals surface area contributed by atoms with Crippen LogP contribution >= 0.6 is 0 Å². The van der Waals surface area contributed by atoms with Crippen LogP contribution in [0.3, 0.4) is 0 Å². The first-order valence-electron chi connectivity index (χ1n) is 12.0. The molecule has 0 aromatic heterocycles. The molecule has 0 saturated carbocycles. The fourth-order valence-electron chi connectivity index (χ4n) is 3.85. The standard InChI is InChI=1S/C27H38N2O6/c1-5-6-7-8-9-15-29(27(32)28-24-13-11-22(34-3)18-25(24)35-4)19-20-10-12-23(26(30)31)21(17-20)14-16-33-2/h10-13,17-18H,5-9,14-16,19H2,1-4H3,(H,28,32)(H,30,31). The van der Waals surface area contributed by atoms with Crippen molar-refractivity contribution in [2.24, 2.45) is 0 Å². The first kappa shape index (κ1) is 28.0. The number of aromatic carboxylic acids is 1. The van der Waals surface area contributed by atoms with E-state index in [-0.39, 0.29) is 11.6 Å². The monoisotopic (exact) mass is 486 g/mol. The average Bonchev–Trinajstić information content (AvgIpc) is 2.86. The van der Waals surface area contributed by atoms with Gasteiger partial charge < -0.3 is 29.5 Å². The Morgan fingerprint density at radius 1 is 0.971 bits per heavy atom. The van der Waals surface area contributed by atoms with Crippen LogP contribution < -0.4 is 14.8 Å². The summed E-state index contributed by atoms with van der Waals surface area (Å²) in [6, 6.07) is 10.2. The molecule has 35 heavy (non-hydrogen) atoms. The number of amides is 2. The summed E-state index contributed by atoms with van der Waals surface area (Å²) in [5.41, 5.74) is 2.36. The van der Waals surface area contributed by atoms with E-state index in [9.17, 15) is 14.7 Å². The zero-order chi connectivity index (χ0) is 25.6. The molecule has 8 nitrogen and oxygen atoms in total. The molecule has 192 valence electrons. The van der Waals surface area contributed by atoms with Crippen molar-refractivity contribution < 1.29 is 28.9 Å². The fraction of sp³-hybridized carbons (Fsp3) is 0.481. The highest BCUT2D eigenvalue weighted by Gasteiger charge is 2.18. The van der Waals surface area contributed by atoms with Gasteiger partial charge in [0, 0.05) is 26.3 Å². The molecule has 0 spiro atoms. The summed E-state index contributed by atoms with van der Waals surface area (Å²) in [6.07, 6.45) is 5.87. The van der Waals surface area contributed by atoms with Crippen LogP contribution in [0.15, 0.2) is 36.4 Å².